The first-order valence-corrected chi connectivity index (χ1v) is 7.91. The molecule has 62 valence electrons. The summed E-state index contributed by atoms with van der Waals surface area (Å²) in [6.07, 6.45) is 0. The van der Waals surface area contributed by atoms with E-state index >= 15 is 0 Å². The molecule has 0 bridgehead atoms. The molecule has 4 N–H and O–H groups in total. The number of rotatable bonds is 1. The topological polar surface area (TPSA) is 98.2 Å². The quantitative estimate of drug-likeness (QED) is 0.433. The summed E-state index contributed by atoms with van der Waals surface area (Å²) in [4.78, 5) is 0. The summed E-state index contributed by atoms with van der Waals surface area (Å²) >= 11 is 10.5. The van der Waals surface area contributed by atoms with E-state index in [2.05, 4.69) is 35.9 Å². The second kappa shape index (κ2) is 17.6. The van der Waals surface area contributed by atoms with Gasteiger partial charge >= 0.3 is 46.6 Å². The van der Waals surface area contributed by atoms with Crippen LogP contribution in [0.5, 0.6) is 0 Å². The Hall–Kier alpha value is 0.627. The number of nitrogens with two attached hydrogens (primary N) is 2. The summed E-state index contributed by atoms with van der Waals surface area (Å²) in [5.41, 5.74) is 8.57. The SMILES string of the molecule is NC([O-])=S.NC([O-])=S.[Zn+][CH2][CH2][Zn+]. The van der Waals surface area contributed by atoms with E-state index in [0.29, 0.717) is 0 Å². The Balaban J connectivity index is -0.000000101. The van der Waals surface area contributed by atoms with E-state index in [4.69, 9.17) is 10.2 Å². The van der Waals surface area contributed by atoms with Gasteiger partial charge in [0.1, 0.15) is 0 Å². The van der Waals surface area contributed by atoms with Gasteiger partial charge in [0.2, 0.25) is 0 Å². The van der Waals surface area contributed by atoms with E-state index in [-0.39, 0.29) is 0 Å². The van der Waals surface area contributed by atoms with Crippen molar-refractivity contribution in [2.75, 3.05) is 0 Å². The molecule has 0 saturated carbocycles. The van der Waals surface area contributed by atoms with Crippen molar-refractivity contribution in [3.05, 3.63) is 0 Å². The van der Waals surface area contributed by atoms with Crippen LogP contribution in [-0.2, 0) is 36.6 Å². The standard InChI is InChI=1S/C2H4.2CH3NOS.2Zn/c1-2;2*2-1(3)4;;/h1-2H2;2*(H3,2,3,4);;/q;;;2*+1/p-2. The molecule has 0 unspecified atom stereocenters. The van der Waals surface area contributed by atoms with Gasteiger partial charge in [-0.15, -0.1) is 0 Å². The van der Waals surface area contributed by atoms with Gasteiger partial charge in [-0.1, -0.05) is 24.4 Å². The average molecular weight is 311 g/mol. The van der Waals surface area contributed by atoms with Gasteiger partial charge < -0.3 is 21.7 Å². The third-order valence-corrected chi connectivity index (χ3v) is 6.75. The van der Waals surface area contributed by atoms with Crippen LogP contribution in [0.2, 0.25) is 10.0 Å². The first kappa shape index (κ1) is 18.4. The zero-order valence-corrected chi connectivity index (χ0v) is 14.2. The minimum absolute atomic E-state index is 0.750. The summed E-state index contributed by atoms with van der Waals surface area (Å²) < 4.78 is 0. The van der Waals surface area contributed by atoms with Crippen LogP contribution in [0.15, 0.2) is 0 Å². The van der Waals surface area contributed by atoms with Crippen LogP contribution < -0.4 is 21.7 Å². The van der Waals surface area contributed by atoms with Crippen LogP contribution in [0.1, 0.15) is 0 Å². The van der Waals surface area contributed by atoms with Gasteiger partial charge in [0.05, 0.1) is 0 Å². The van der Waals surface area contributed by atoms with Crippen LogP contribution in [0.4, 0.5) is 0 Å². The van der Waals surface area contributed by atoms with E-state index in [1.54, 1.807) is 0 Å². The maximum atomic E-state index is 9.04. The average Bonchev–Trinajstić information content (AvgIpc) is 1.85. The van der Waals surface area contributed by atoms with Crippen molar-refractivity contribution in [2.24, 2.45) is 11.5 Å². The normalized spacial score (nSPS) is 6.67. The molecular weight excluding hydrogens is 303 g/mol. The Bertz CT molecular complexity index is 104. The van der Waals surface area contributed by atoms with Gasteiger partial charge in [0, 0.05) is 10.3 Å². The van der Waals surface area contributed by atoms with Crippen molar-refractivity contribution in [3.63, 3.8) is 0 Å². The van der Waals surface area contributed by atoms with Gasteiger partial charge in [-0.3, -0.25) is 0 Å². The Morgan fingerprint density at radius 1 is 1.00 bits per heavy atom. The van der Waals surface area contributed by atoms with E-state index in [0.717, 1.165) is 0 Å². The van der Waals surface area contributed by atoms with Crippen molar-refractivity contribution in [1.82, 2.24) is 0 Å². The van der Waals surface area contributed by atoms with Crippen LogP contribution in [0.3, 0.4) is 0 Å². The predicted octanol–water partition coefficient (Wildman–Crippen LogP) is -1.90. The second-order valence-corrected chi connectivity index (χ2v) is 5.12. The van der Waals surface area contributed by atoms with E-state index < -0.39 is 10.3 Å². The Morgan fingerprint density at radius 2 is 1.08 bits per heavy atom. The molecule has 0 aliphatic rings. The fourth-order valence-electron chi connectivity index (χ4n) is 0. The molecule has 0 fully saturated rings. The molecule has 0 saturated heterocycles. The molecule has 0 rings (SSSR count). The molecule has 4 nitrogen and oxygen atoms in total. The van der Waals surface area contributed by atoms with E-state index in [1.165, 1.54) is 46.6 Å². The molecule has 0 aromatic rings. The van der Waals surface area contributed by atoms with Crippen LogP contribution in [0.25, 0.3) is 0 Å². The summed E-state index contributed by atoms with van der Waals surface area (Å²) in [6.45, 7) is 0. The van der Waals surface area contributed by atoms with Crippen molar-refractivity contribution in [1.29, 1.82) is 0 Å². The Kier molecular flexibility index (Phi) is 27.1. The van der Waals surface area contributed by atoms with Crippen LogP contribution >= 0.6 is 24.4 Å². The third-order valence-electron chi connectivity index (χ3n) is 0.250. The zero-order valence-electron chi connectivity index (χ0n) is 6.62. The van der Waals surface area contributed by atoms with Crippen LogP contribution in [-0.4, -0.2) is 10.3 Å². The molecule has 0 heterocycles. The molecule has 0 amide bonds. The first-order valence-electron chi connectivity index (χ1n) is 2.89. The Morgan fingerprint density at radius 3 is 1.08 bits per heavy atom. The molecule has 12 heavy (non-hydrogen) atoms. The van der Waals surface area contributed by atoms with E-state index in [9.17, 15) is 0 Å². The predicted molar refractivity (Wildman–Crippen MR) is 43.2 cm³/mol. The van der Waals surface area contributed by atoms with Crippen molar-refractivity contribution in [3.8, 4) is 0 Å². The third kappa shape index (κ3) is 372. The Labute approximate surface area is 102 Å². The first-order chi connectivity index (χ1) is 5.38. The minimum atomic E-state index is -0.750. The van der Waals surface area contributed by atoms with Gasteiger partial charge in [0.15, 0.2) is 0 Å². The molecule has 0 aliphatic carbocycles. The fraction of sp³-hybridized carbons (Fsp3) is 0.500. The zero-order chi connectivity index (χ0) is 10.6. The van der Waals surface area contributed by atoms with Gasteiger partial charge in [-0.05, 0) is 0 Å². The van der Waals surface area contributed by atoms with Crippen molar-refractivity contribution < 1.29 is 46.8 Å². The molecule has 0 aliphatic heterocycles. The summed E-state index contributed by atoms with van der Waals surface area (Å²) in [6, 6.07) is 0. The van der Waals surface area contributed by atoms with E-state index in [1.807, 2.05) is 0 Å². The number of hydrogen-bond donors (Lipinski definition) is 2. The number of hydrogen-bond acceptors (Lipinski definition) is 4. The van der Waals surface area contributed by atoms with Gasteiger partial charge in [-0.2, -0.15) is 0 Å². The molecule has 8 heteroatoms. The van der Waals surface area contributed by atoms with Crippen molar-refractivity contribution in [2.45, 2.75) is 10.0 Å². The summed E-state index contributed by atoms with van der Waals surface area (Å²) in [5, 5.41) is 19.6. The molecule has 0 aromatic carbocycles. The van der Waals surface area contributed by atoms with Gasteiger partial charge in [-0.25, -0.2) is 0 Å². The fourth-order valence-corrected chi connectivity index (χ4v) is 0. The molecule has 0 atom stereocenters. The molecular formula is C4H8N2O2S2Zn2. The maximum absolute atomic E-state index is 9.04. The summed E-state index contributed by atoms with van der Waals surface area (Å²) in [7, 11) is 0. The second-order valence-electron chi connectivity index (χ2n) is 1.35. The molecule has 0 radical (unpaired) electrons. The molecule has 0 spiro atoms. The number of thiocarbonyl (C=S) groups is 2. The van der Waals surface area contributed by atoms with Crippen LogP contribution in [0, 0.1) is 0 Å². The monoisotopic (exact) mass is 308 g/mol. The molecule has 0 aromatic heterocycles. The van der Waals surface area contributed by atoms with Crippen molar-refractivity contribution >= 4 is 34.8 Å². The summed E-state index contributed by atoms with van der Waals surface area (Å²) in [5.74, 6) is 0. The van der Waals surface area contributed by atoms with Gasteiger partial charge in [0.25, 0.3) is 0 Å².